The van der Waals surface area contributed by atoms with E-state index in [-0.39, 0.29) is 45.3 Å². The number of hydrogen-bond donors (Lipinski definition) is 2. The molecule has 0 radical (unpaired) electrons. The molecule has 252 valence electrons. The highest BCUT2D eigenvalue weighted by Gasteiger charge is 2.52. The molecule has 4 saturated heterocycles. The lowest BCUT2D eigenvalue weighted by molar-refractivity contribution is -0.00289. The lowest BCUT2D eigenvalue weighted by Gasteiger charge is -2.42. The number of carbonyl (C=O) groups is 1. The topological polar surface area (TPSA) is 143 Å². The molecule has 4 aliphatic heterocycles. The molecular weight excluding hydrogens is 614 g/mol. The summed E-state index contributed by atoms with van der Waals surface area (Å²) in [5.74, 6) is 0.607. The maximum Gasteiger partial charge on any atom is 0.336 e. The molecule has 6 heterocycles. The number of likely N-dealkylation sites (tertiary alicyclic amines) is 2. The highest BCUT2D eigenvalue weighted by molar-refractivity contribution is 6.38. The molecule has 1 aromatic carbocycles. The molecule has 2 bridgehead atoms. The lowest BCUT2D eigenvalue weighted by Crippen LogP contribution is -2.56. The predicted molar refractivity (Wildman–Crippen MR) is 175 cm³/mol. The molecule has 12 nitrogen and oxygen atoms in total. The Bertz CT molecular complexity index is 1590. The number of carbonyl (C=O) groups excluding carboxylic acids is 1. The van der Waals surface area contributed by atoms with Gasteiger partial charge < -0.3 is 39.2 Å². The summed E-state index contributed by atoms with van der Waals surface area (Å²) in [6.45, 7) is 10.8. The Balaban J connectivity index is 1.09. The molecule has 13 heteroatoms. The quantitative estimate of drug-likeness (QED) is 0.319. The smallest absolute Gasteiger partial charge is 0.336 e. The molecule has 1 amide bonds. The summed E-state index contributed by atoms with van der Waals surface area (Å²) in [5.41, 5.74) is 3.39. The van der Waals surface area contributed by atoms with Crippen molar-refractivity contribution in [2.24, 2.45) is 11.8 Å². The van der Waals surface area contributed by atoms with Crippen LogP contribution in [0.5, 0.6) is 5.75 Å². The number of nitrogens with zero attached hydrogens (tertiary/aromatic N) is 3. The molecule has 3 aromatic rings. The second kappa shape index (κ2) is 13.7. The van der Waals surface area contributed by atoms with Crippen molar-refractivity contribution in [1.29, 1.82) is 0 Å². The summed E-state index contributed by atoms with van der Waals surface area (Å²) in [4.78, 5) is 46.3. The van der Waals surface area contributed by atoms with Crippen LogP contribution in [-0.2, 0) is 4.74 Å². The third-order valence-electron chi connectivity index (χ3n) is 10.5. The number of fused-ring (bicyclic) bond motifs is 8. The molecule has 6 unspecified atom stereocenters. The zero-order valence-electron chi connectivity index (χ0n) is 27.1. The summed E-state index contributed by atoms with van der Waals surface area (Å²) in [6.07, 6.45) is 5.41. The van der Waals surface area contributed by atoms with Crippen LogP contribution < -0.4 is 27.0 Å². The normalized spacial score (nSPS) is 29.0. The van der Waals surface area contributed by atoms with Crippen LogP contribution in [0.1, 0.15) is 56.3 Å². The largest absolute Gasteiger partial charge is 0.492 e. The van der Waals surface area contributed by atoms with Crippen molar-refractivity contribution in [3.05, 3.63) is 43.6 Å². The van der Waals surface area contributed by atoms with Crippen molar-refractivity contribution in [2.45, 2.75) is 76.2 Å². The summed E-state index contributed by atoms with van der Waals surface area (Å²) in [7, 11) is 2.94. The fraction of sp³-hybridized carbons (Fsp3) is 0.667. The molecule has 6 atom stereocenters. The van der Waals surface area contributed by atoms with E-state index in [1.54, 1.807) is 7.11 Å². The van der Waals surface area contributed by atoms with Crippen LogP contribution in [0, 0.1) is 11.8 Å². The number of halogens is 1. The van der Waals surface area contributed by atoms with Crippen molar-refractivity contribution in [3.8, 4) is 5.75 Å². The Kier molecular flexibility index (Phi) is 9.82. The number of anilines is 1. The maximum atomic E-state index is 13.8. The third-order valence-corrected chi connectivity index (χ3v) is 10.9. The van der Waals surface area contributed by atoms with E-state index in [0.717, 1.165) is 49.3 Å². The number of methoxy groups -OCH3 is 2. The Morgan fingerprint density at radius 1 is 1.04 bits per heavy atom. The summed E-state index contributed by atoms with van der Waals surface area (Å²) < 4.78 is 22.0. The number of nitrogens with two attached hydrogens (primary N) is 1. The number of ether oxygens (including phenoxy) is 2. The van der Waals surface area contributed by atoms with Gasteiger partial charge in [0, 0.05) is 63.5 Å². The van der Waals surface area contributed by atoms with E-state index in [2.05, 4.69) is 33.9 Å². The van der Waals surface area contributed by atoms with Gasteiger partial charge in [0.25, 0.3) is 5.91 Å². The number of piperidine rings is 3. The highest BCUT2D eigenvalue weighted by Crippen LogP contribution is 2.43. The average molecular weight is 660 g/mol. The van der Waals surface area contributed by atoms with E-state index < -0.39 is 17.2 Å². The number of nitrogens with one attached hydrogen (secondary N) is 1. The number of hydrogen-bond acceptors (Lipinski definition) is 11. The van der Waals surface area contributed by atoms with E-state index in [1.165, 1.54) is 52.4 Å². The van der Waals surface area contributed by atoms with Gasteiger partial charge in [0.2, 0.25) is 0 Å². The molecular formula is C33H46ClN5O7. The Labute approximate surface area is 273 Å². The molecule has 2 aromatic heterocycles. The van der Waals surface area contributed by atoms with Gasteiger partial charge in [0.15, 0.2) is 16.9 Å². The minimum absolute atomic E-state index is 0.161. The molecule has 0 spiro atoms. The summed E-state index contributed by atoms with van der Waals surface area (Å²) in [5, 5.41) is 2.79. The number of benzene rings is 1. The van der Waals surface area contributed by atoms with Crippen molar-refractivity contribution in [1.82, 2.24) is 20.0 Å². The monoisotopic (exact) mass is 659 g/mol. The van der Waals surface area contributed by atoms with Gasteiger partial charge in [-0.05, 0) is 57.0 Å². The van der Waals surface area contributed by atoms with Crippen molar-refractivity contribution in [3.63, 3.8) is 0 Å². The number of amides is 1. The van der Waals surface area contributed by atoms with Gasteiger partial charge in [-0.2, -0.15) is 0 Å². The van der Waals surface area contributed by atoms with E-state index in [4.69, 9.17) is 35.6 Å². The van der Waals surface area contributed by atoms with Crippen LogP contribution in [0.4, 0.5) is 5.69 Å². The van der Waals surface area contributed by atoms with Crippen LogP contribution >= 0.6 is 11.6 Å². The first kappa shape index (κ1) is 33.0. The van der Waals surface area contributed by atoms with Gasteiger partial charge >= 0.3 is 11.3 Å². The molecule has 0 aliphatic carbocycles. The second-order valence-corrected chi connectivity index (χ2v) is 13.9. The van der Waals surface area contributed by atoms with Crippen LogP contribution in [0.2, 0.25) is 5.02 Å². The number of nitrogen functional groups attached to an aromatic ring is 1. The van der Waals surface area contributed by atoms with Gasteiger partial charge in [-0.15, -0.1) is 0 Å². The fourth-order valence-corrected chi connectivity index (χ4v) is 8.35. The van der Waals surface area contributed by atoms with E-state index >= 15 is 0 Å². The lowest BCUT2D eigenvalue weighted by atomic mass is 9.91. The Morgan fingerprint density at radius 2 is 1.74 bits per heavy atom. The minimum atomic E-state index is -0.925. The third kappa shape index (κ3) is 6.60. The van der Waals surface area contributed by atoms with Gasteiger partial charge in [-0.1, -0.05) is 25.4 Å². The van der Waals surface area contributed by atoms with Gasteiger partial charge in [-0.3, -0.25) is 9.69 Å². The van der Waals surface area contributed by atoms with Crippen LogP contribution in [0.3, 0.4) is 0 Å². The van der Waals surface area contributed by atoms with Crippen LogP contribution in [0.25, 0.3) is 11.2 Å². The standard InChI is InChI=1S/C33H46ClN5O7/c1-18(2)29-22-15-20(9-14-39(22)29)38-12-7-19(8-13-38)16-37-11-10-21(23(17-37)43-3)36-33(42)26-30-27(34)28(35)32(31(26)44-4)46-25(41)6-5-24(40)45-30/h5-6,18-23,29H,7-17,35H2,1-4H3,(H,36,42). The summed E-state index contributed by atoms with van der Waals surface area (Å²) >= 11 is 6.43. The SMILES string of the molecule is COc1c(C(=O)NC2CCN(CC3CCN(C4CCN5C(C4)C5C(C)C)CC3)CC2OC)c2oc(=O)ccc(=O)oc1c(N)c2Cl. The molecule has 4 aliphatic rings. The zero-order chi connectivity index (χ0) is 32.7. The number of rotatable bonds is 8. The van der Waals surface area contributed by atoms with Crippen molar-refractivity contribution >= 4 is 34.4 Å². The minimum Gasteiger partial charge on any atom is -0.492 e. The Hall–Kier alpha value is -2.90. The molecule has 46 heavy (non-hydrogen) atoms. The van der Waals surface area contributed by atoms with Crippen LogP contribution in [-0.4, -0.2) is 104 Å². The average Bonchev–Trinajstić information content (AvgIpc) is 3.78. The van der Waals surface area contributed by atoms with Crippen LogP contribution in [0.15, 0.2) is 30.6 Å². The van der Waals surface area contributed by atoms with Gasteiger partial charge in [0.1, 0.15) is 16.3 Å². The van der Waals surface area contributed by atoms with Gasteiger partial charge in [0.05, 0.1) is 19.3 Å². The predicted octanol–water partition coefficient (Wildman–Crippen LogP) is 2.95. The maximum absolute atomic E-state index is 13.8. The molecule has 4 fully saturated rings. The molecule has 3 N–H and O–H groups in total. The second-order valence-electron chi connectivity index (χ2n) is 13.6. The zero-order valence-corrected chi connectivity index (χ0v) is 27.9. The molecule has 7 rings (SSSR count). The fourth-order valence-electron chi connectivity index (χ4n) is 8.13. The highest BCUT2D eigenvalue weighted by atomic mass is 35.5. The van der Waals surface area contributed by atoms with E-state index in [1.807, 2.05) is 0 Å². The first-order valence-electron chi connectivity index (χ1n) is 16.5. The van der Waals surface area contributed by atoms with E-state index in [9.17, 15) is 14.4 Å². The Morgan fingerprint density at radius 3 is 2.39 bits per heavy atom. The first-order valence-corrected chi connectivity index (χ1v) is 16.8. The van der Waals surface area contributed by atoms with E-state index in [0.29, 0.717) is 18.9 Å². The summed E-state index contributed by atoms with van der Waals surface area (Å²) in [6, 6.07) is 3.77. The first-order chi connectivity index (χ1) is 22.1. The van der Waals surface area contributed by atoms with Crippen molar-refractivity contribution < 1.29 is 23.1 Å². The molecule has 0 saturated carbocycles. The van der Waals surface area contributed by atoms with Gasteiger partial charge in [-0.25, -0.2) is 9.59 Å². The van der Waals surface area contributed by atoms with Crippen molar-refractivity contribution in [2.75, 3.05) is 59.2 Å².